The van der Waals surface area contributed by atoms with Crippen LogP contribution >= 0.6 is 11.3 Å². The van der Waals surface area contributed by atoms with Crippen molar-refractivity contribution in [1.82, 2.24) is 4.98 Å². The minimum Gasteiger partial charge on any atom is -0.376 e. The van der Waals surface area contributed by atoms with Gasteiger partial charge < -0.3 is 5.32 Å². The second kappa shape index (κ2) is 5.11. The Bertz CT molecular complexity index is 534. The van der Waals surface area contributed by atoms with Crippen LogP contribution in [-0.2, 0) is 0 Å². The van der Waals surface area contributed by atoms with Gasteiger partial charge >= 0.3 is 0 Å². The summed E-state index contributed by atoms with van der Waals surface area (Å²) in [5.74, 6) is 0. The number of nitrogens with one attached hydrogen (secondary N) is 1. The fourth-order valence-electron chi connectivity index (χ4n) is 2.28. The zero-order chi connectivity index (χ0) is 13.3. The van der Waals surface area contributed by atoms with Crippen LogP contribution in [0.15, 0.2) is 17.5 Å². The van der Waals surface area contributed by atoms with E-state index in [0.29, 0.717) is 0 Å². The summed E-state index contributed by atoms with van der Waals surface area (Å²) in [6, 6.07) is 4.68. The first kappa shape index (κ1) is 13.1. The summed E-state index contributed by atoms with van der Waals surface area (Å²) in [6.07, 6.45) is 0. The molecule has 2 nitrogen and oxygen atoms in total. The monoisotopic (exact) mass is 260 g/mol. The number of hydrogen-bond acceptors (Lipinski definition) is 3. The summed E-state index contributed by atoms with van der Waals surface area (Å²) in [5.41, 5.74) is 6.26. The molecular weight excluding hydrogens is 240 g/mol. The zero-order valence-corrected chi connectivity index (χ0v) is 12.5. The maximum atomic E-state index is 4.54. The lowest BCUT2D eigenvalue weighted by Crippen LogP contribution is -2.09. The van der Waals surface area contributed by atoms with E-state index < -0.39 is 0 Å². The Morgan fingerprint density at radius 1 is 1.11 bits per heavy atom. The third-order valence-electron chi connectivity index (χ3n) is 3.12. The molecule has 1 aromatic carbocycles. The first-order valence-electron chi connectivity index (χ1n) is 6.24. The van der Waals surface area contributed by atoms with Crippen molar-refractivity contribution < 1.29 is 0 Å². The van der Waals surface area contributed by atoms with E-state index in [1.54, 1.807) is 11.3 Å². The Balaban J connectivity index is 2.24. The summed E-state index contributed by atoms with van der Waals surface area (Å²) in [6.45, 7) is 10.6. The highest BCUT2D eigenvalue weighted by molar-refractivity contribution is 7.09. The highest BCUT2D eigenvalue weighted by Gasteiger charge is 2.11. The van der Waals surface area contributed by atoms with Crippen molar-refractivity contribution >= 4 is 17.0 Å². The third-order valence-corrected chi connectivity index (χ3v) is 3.91. The number of anilines is 1. The molecule has 0 amide bonds. The molecule has 0 bridgehead atoms. The Morgan fingerprint density at radius 3 is 2.22 bits per heavy atom. The Morgan fingerprint density at radius 2 is 1.72 bits per heavy atom. The van der Waals surface area contributed by atoms with Gasteiger partial charge in [0.25, 0.3) is 0 Å². The number of rotatable bonds is 3. The van der Waals surface area contributed by atoms with Crippen molar-refractivity contribution in [2.24, 2.45) is 0 Å². The fourth-order valence-corrected chi connectivity index (χ4v) is 2.98. The number of nitrogens with zero attached hydrogens (tertiary/aromatic N) is 1. The molecule has 1 heterocycles. The highest BCUT2D eigenvalue weighted by atomic mass is 32.1. The van der Waals surface area contributed by atoms with Gasteiger partial charge in [-0.1, -0.05) is 17.7 Å². The van der Waals surface area contributed by atoms with E-state index in [9.17, 15) is 0 Å². The van der Waals surface area contributed by atoms with Gasteiger partial charge in [-0.05, 0) is 45.7 Å². The predicted octanol–water partition coefficient (Wildman–Crippen LogP) is 4.55. The lowest BCUT2D eigenvalue weighted by molar-refractivity contribution is 0.842. The Labute approximate surface area is 113 Å². The van der Waals surface area contributed by atoms with Crippen LogP contribution in [0.4, 0.5) is 5.69 Å². The molecule has 1 aromatic heterocycles. The quantitative estimate of drug-likeness (QED) is 0.875. The van der Waals surface area contributed by atoms with Crippen LogP contribution in [0, 0.1) is 27.7 Å². The van der Waals surface area contributed by atoms with Gasteiger partial charge in [-0.3, -0.25) is 0 Å². The molecule has 1 N–H and O–H groups in total. The maximum Gasteiger partial charge on any atom is 0.0898 e. The van der Waals surface area contributed by atoms with E-state index in [-0.39, 0.29) is 6.04 Å². The van der Waals surface area contributed by atoms with Gasteiger partial charge in [0.2, 0.25) is 0 Å². The average Bonchev–Trinajstić information content (AvgIpc) is 2.70. The lowest BCUT2D eigenvalue weighted by Gasteiger charge is -2.18. The summed E-state index contributed by atoms with van der Waals surface area (Å²) < 4.78 is 0. The molecule has 0 aliphatic carbocycles. The molecule has 18 heavy (non-hydrogen) atoms. The summed E-state index contributed by atoms with van der Waals surface area (Å²) in [7, 11) is 0. The first-order valence-corrected chi connectivity index (χ1v) is 7.11. The van der Waals surface area contributed by atoms with Gasteiger partial charge in [-0.25, -0.2) is 4.98 Å². The number of aromatic nitrogens is 1. The van der Waals surface area contributed by atoms with Crippen molar-refractivity contribution in [2.45, 2.75) is 40.7 Å². The average molecular weight is 260 g/mol. The molecule has 0 aliphatic rings. The highest BCUT2D eigenvalue weighted by Crippen LogP contribution is 2.27. The van der Waals surface area contributed by atoms with E-state index >= 15 is 0 Å². The van der Waals surface area contributed by atoms with E-state index in [1.807, 2.05) is 6.92 Å². The van der Waals surface area contributed by atoms with Gasteiger partial charge in [-0.15, -0.1) is 11.3 Å². The van der Waals surface area contributed by atoms with Crippen LogP contribution in [0.5, 0.6) is 0 Å². The normalized spacial score (nSPS) is 12.5. The van der Waals surface area contributed by atoms with Gasteiger partial charge in [0, 0.05) is 11.1 Å². The lowest BCUT2D eigenvalue weighted by atomic mass is 10.0. The van der Waals surface area contributed by atoms with Crippen LogP contribution in [-0.4, -0.2) is 4.98 Å². The van der Waals surface area contributed by atoms with E-state index in [1.165, 1.54) is 22.4 Å². The maximum absolute atomic E-state index is 4.54. The molecule has 96 valence electrons. The van der Waals surface area contributed by atoms with Gasteiger partial charge in [0.15, 0.2) is 0 Å². The topological polar surface area (TPSA) is 24.9 Å². The second-order valence-electron chi connectivity index (χ2n) is 4.93. The van der Waals surface area contributed by atoms with E-state index in [0.717, 1.165) is 10.7 Å². The Kier molecular flexibility index (Phi) is 3.71. The zero-order valence-electron chi connectivity index (χ0n) is 11.7. The van der Waals surface area contributed by atoms with Crippen molar-refractivity contribution in [2.75, 3.05) is 5.32 Å². The minimum atomic E-state index is 0.245. The van der Waals surface area contributed by atoms with Crippen molar-refractivity contribution in [3.63, 3.8) is 0 Å². The van der Waals surface area contributed by atoms with Gasteiger partial charge in [-0.2, -0.15) is 0 Å². The van der Waals surface area contributed by atoms with E-state index in [2.05, 4.69) is 55.5 Å². The van der Waals surface area contributed by atoms with Gasteiger partial charge in [0.05, 0.1) is 16.7 Å². The van der Waals surface area contributed by atoms with Crippen LogP contribution in [0.1, 0.15) is 40.4 Å². The molecule has 0 saturated carbocycles. The van der Waals surface area contributed by atoms with E-state index in [4.69, 9.17) is 0 Å². The standard InChI is InChI=1S/C15H20N2S/c1-9-6-10(2)15(11(3)7-9)16-12(4)14-8-18-13(5)17-14/h6-8,12,16H,1-5H3. The fraction of sp³-hybridized carbons (Fsp3) is 0.400. The molecule has 0 aliphatic heterocycles. The number of hydrogen-bond donors (Lipinski definition) is 1. The molecule has 1 unspecified atom stereocenters. The second-order valence-corrected chi connectivity index (χ2v) is 5.99. The number of aryl methyl sites for hydroxylation is 4. The molecule has 0 fully saturated rings. The van der Waals surface area contributed by atoms with Crippen LogP contribution in [0.25, 0.3) is 0 Å². The molecule has 0 saturated heterocycles. The third kappa shape index (κ3) is 2.72. The summed E-state index contributed by atoms with van der Waals surface area (Å²) in [4.78, 5) is 4.54. The number of benzene rings is 1. The summed E-state index contributed by atoms with van der Waals surface area (Å²) in [5, 5.41) is 6.83. The molecular formula is C15H20N2S. The molecule has 3 heteroatoms. The Hall–Kier alpha value is -1.35. The van der Waals surface area contributed by atoms with Crippen LogP contribution in [0.3, 0.4) is 0 Å². The molecule has 2 aromatic rings. The van der Waals surface area contributed by atoms with Gasteiger partial charge in [0.1, 0.15) is 0 Å². The summed E-state index contributed by atoms with van der Waals surface area (Å²) >= 11 is 1.70. The molecule has 2 rings (SSSR count). The van der Waals surface area contributed by atoms with Crippen molar-refractivity contribution in [1.29, 1.82) is 0 Å². The van der Waals surface area contributed by atoms with Crippen molar-refractivity contribution in [3.05, 3.63) is 44.9 Å². The first-order chi connectivity index (χ1) is 8.47. The molecule has 1 atom stereocenters. The molecule has 0 radical (unpaired) electrons. The minimum absolute atomic E-state index is 0.245. The predicted molar refractivity (Wildman–Crippen MR) is 79.5 cm³/mol. The largest absolute Gasteiger partial charge is 0.376 e. The SMILES string of the molecule is Cc1cc(C)c(NC(C)c2csc(C)n2)c(C)c1. The number of thiazole rings is 1. The molecule has 0 spiro atoms. The smallest absolute Gasteiger partial charge is 0.0898 e. The van der Waals surface area contributed by atoms with Crippen molar-refractivity contribution in [3.8, 4) is 0 Å². The van der Waals surface area contributed by atoms with Crippen LogP contribution in [0.2, 0.25) is 0 Å². The van der Waals surface area contributed by atoms with Crippen LogP contribution < -0.4 is 5.32 Å².